The highest BCUT2D eigenvalue weighted by Gasteiger charge is 2.16. The molecule has 0 aromatic heterocycles. The van der Waals surface area contributed by atoms with Gasteiger partial charge in [-0.2, -0.15) is 0 Å². The molecule has 3 rings (SSSR count). The highest BCUT2D eigenvalue weighted by molar-refractivity contribution is 6.34. The van der Waals surface area contributed by atoms with Crippen molar-refractivity contribution < 1.29 is 14.3 Å². The lowest BCUT2D eigenvalue weighted by Crippen LogP contribution is -2.15. The van der Waals surface area contributed by atoms with Gasteiger partial charge in [0.1, 0.15) is 5.75 Å². The lowest BCUT2D eigenvalue weighted by Gasteiger charge is -2.13. The second-order valence-corrected chi connectivity index (χ2v) is 6.75. The number of carbonyl (C=O) groups excluding carboxylic acids is 2. The molecule has 0 spiro atoms. The van der Waals surface area contributed by atoms with Crippen LogP contribution in [0.5, 0.6) is 5.75 Å². The predicted octanol–water partition coefficient (Wildman–Crippen LogP) is 5.49. The lowest BCUT2D eigenvalue weighted by atomic mass is 10.1. The number of amides is 2. The molecule has 0 aliphatic carbocycles. The summed E-state index contributed by atoms with van der Waals surface area (Å²) in [4.78, 5) is 24.7. The average molecular weight is 397 g/mol. The van der Waals surface area contributed by atoms with Crippen molar-refractivity contribution in [1.82, 2.24) is 0 Å². The molecule has 3 aromatic rings. The fourth-order valence-electron chi connectivity index (χ4n) is 2.90. The molecule has 0 aliphatic rings. The first-order chi connectivity index (χ1) is 13.5. The van der Waals surface area contributed by atoms with Gasteiger partial charge in [0.05, 0.1) is 23.4 Å². The molecule has 28 heavy (non-hydrogen) atoms. The molecule has 2 N–H and O–H groups in total. The molecule has 0 saturated heterocycles. The van der Waals surface area contributed by atoms with Crippen molar-refractivity contribution >= 4 is 45.6 Å². The van der Waals surface area contributed by atoms with Crippen molar-refractivity contribution in [2.75, 3.05) is 17.7 Å². The highest BCUT2D eigenvalue weighted by atomic mass is 35.5. The number of halogens is 1. The maximum Gasteiger partial charge on any atom is 0.259 e. The molecule has 0 heterocycles. The Balaban J connectivity index is 1.88. The third-order valence-electron chi connectivity index (χ3n) is 4.29. The van der Waals surface area contributed by atoms with E-state index >= 15 is 0 Å². The van der Waals surface area contributed by atoms with Crippen LogP contribution >= 0.6 is 11.6 Å². The van der Waals surface area contributed by atoms with Crippen LogP contribution < -0.4 is 15.4 Å². The van der Waals surface area contributed by atoms with Crippen LogP contribution in [0.1, 0.15) is 30.1 Å². The van der Waals surface area contributed by atoms with E-state index in [2.05, 4.69) is 10.6 Å². The Bertz CT molecular complexity index is 1030. The number of fused-ring (bicyclic) bond motifs is 1. The van der Waals surface area contributed by atoms with Crippen molar-refractivity contribution in [1.29, 1.82) is 0 Å². The van der Waals surface area contributed by atoms with Crippen LogP contribution in [-0.4, -0.2) is 18.9 Å². The summed E-state index contributed by atoms with van der Waals surface area (Å²) in [5, 5.41) is 7.89. The fraction of sp³-hybridized carbons (Fsp3) is 0.182. The Morgan fingerprint density at radius 3 is 2.39 bits per heavy atom. The van der Waals surface area contributed by atoms with Gasteiger partial charge in [0, 0.05) is 12.1 Å². The lowest BCUT2D eigenvalue weighted by molar-refractivity contribution is -0.116. The molecule has 0 bridgehead atoms. The van der Waals surface area contributed by atoms with E-state index in [0.717, 1.165) is 17.2 Å². The van der Waals surface area contributed by atoms with E-state index < -0.39 is 0 Å². The zero-order chi connectivity index (χ0) is 20.1. The number of hydrogen-bond donors (Lipinski definition) is 2. The Labute approximate surface area is 168 Å². The Kier molecular flexibility index (Phi) is 6.16. The van der Waals surface area contributed by atoms with Gasteiger partial charge < -0.3 is 15.4 Å². The summed E-state index contributed by atoms with van der Waals surface area (Å²) in [6.45, 7) is 1.93. The second kappa shape index (κ2) is 8.76. The number of methoxy groups -OCH3 is 1. The SMILES string of the molecule is CCCC(=O)Nc1ccc(Cl)c(NC(=O)c2cc3ccccc3cc2OC)c1. The molecular formula is C22H21ClN2O3. The summed E-state index contributed by atoms with van der Waals surface area (Å²) < 4.78 is 5.39. The van der Waals surface area contributed by atoms with Crippen LogP contribution in [0.3, 0.4) is 0 Å². The normalized spacial score (nSPS) is 10.5. The van der Waals surface area contributed by atoms with E-state index in [9.17, 15) is 9.59 Å². The van der Waals surface area contributed by atoms with Gasteiger partial charge in [-0.3, -0.25) is 9.59 Å². The quantitative estimate of drug-likeness (QED) is 0.578. The van der Waals surface area contributed by atoms with Crippen molar-refractivity contribution in [2.24, 2.45) is 0 Å². The monoisotopic (exact) mass is 396 g/mol. The number of carbonyl (C=O) groups is 2. The third-order valence-corrected chi connectivity index (χ3v) is 4.62. The molecule has 3 aromatic carbocycles. The van der Waals surface area contributed by atoms with Crippen LogP contribution in [0.15, 0.2) is 54.6 Å². The number of benzene rings is 3. The van der Waals surface area contributed by atoms with Crippen molar-refractivity contribution in [3.63, 3.8) is 0 Å². The Morgan fingerprint density at radius 2 is 1.71 bits per heavy atom. The minimum Gasteiger partial charge on any atom is -0.496 e. The van der Waals surface area contributed by atoms with Crippen LogP contribution in [0.4, 0.5) is 11.4 Å². The zero-order valence-corrected chi connectivity index (χ0v) is 16.5. The van der Waals surface area contributed by atoms with Crippen molar-refractivity contribution in [3.8, 4) is 5.75 Å². The number of rotatable bonds is 6. The minimum absolute atomic E-state index is 0.0849. The first kappa shape index (κ1) is 19.7. The van der Waals surface area contributed by atoms with Gasteiger partial charge in [-0.05, 0) is 47.5 Å². The highest BCUT2D eigenvalue weighted by Crippen LogP contribution is 2.29. The minimum atomic E-state index is -0.346. The number of nitrogens with one attached hydrogen (secondary N) is 2. The first-order valence-corrected chi connectivity index (χ1v) is 9.37. The van der Waals surface area contributed by atoms with E-state index in [4.69, 9.17) is 16.3 Å². The van der Waals surface area contributed by atoms with Crippen LogP contribution in [0.25, 0.3) is 10.8 Å². The van der Waals surface area contributed by atoms with Gasteiger partial charge in [0.25, 0.3) is 5.91 Å². The first-order valence-electron chi connectivity index (χ1n) is 8.99. The smallest absolute Gasteiger partial charge is 0.259 e. The molecule has 6 heteroatoms. The summed E-state index contributed by atoms with van der Waals surface area (Å²) in [5.41, 5.74) is 1.39. The maximum atomic E-state index is 12.9. The number of ether oxygens (including phenoxy) is 1. The van der Waals surface area contributed by atoms with Crippen molar-refractivity contribution in [2.45, 2.75) is 19.8 Å². The Hall–Kier alpha value is -3.05. The van der Waals surface area contributed by atoms with Crippen molar-refractivity contribution in [3.05, 3.63) is 65.2 Å². The molecular weight excluding hydrogens is 376 g/mol. The molecule has 0 atom stereocenters. The Morgan fingerprint density at radius 1 is 1.00 bits per heavy atom. The van der Waals surface area contributed by atoms with Gasteiger partial charge in [-0.1, -0.05) is 42.8 Å². The van der Waals surface area contributed by atoms with Crippen LogP contribution in [0.2, 0.25) is 5.02 Å². The average Bonchev–Trinajstić information content (AvgIpc) is 2.69. The topological polar surface area (TPSA) is 67.4 Å². The van der Waals surface area contributed by atoms with Gasteiger partial charge in [-0.25, -0.2) is 0 Å². The van der Waals surface area contributed by atoms with Crippen LogP contribution in [0, 0.1) is 0 Å². The molecule has 0 aliphatic heterocycles. The van der Waals surface area contributed by atoms with Gasteiger partial charge >= 0.3 is 0 Å². The molecule has 5 nitrogen and oxygen atoms in total. The standard InChI is InChI=1S/C22H21ClN2O3/c1-3-6-21(26)24-16-9-10-18(23)19(13-16)25-22(27)17-11-14-7-4-5-8-15(14)12-20(17)28-2/h4-5,7-13H,3,6H2,1-2H3,(H,24,26)(H,25,27). The van der Waals surface area contributed by atoms with E-state index in [1.165, 1.54) is 7.11 Å². The largest absolute Gasteiger partial charge is 0.496 e. The fourth-order valence-corrected chi connectivity index (χ4v) is 3.07. The van der Waals surface area contributed by atoms with Gasteiger partial charge in [0.2, 0.25) is 5.91 Å². The summed E-state index contributed by atoms with van der Waals surface area (Å²) >= 11 is 6.24. The zero-order valence-electron chi connectivity index (χ0n) is 15.7. The number of hydrogen-bond acceptors (Lipinski definition) is 3. The molecule has 2 amide bonds. The molecule has 0 radical (unpaired) electrons. The molecule has 144 valence electrons. The van der Waals surface area contributed by atoms with E-state index in [1.807, 2.05) is 37.3 Å². The van der Waals surface area contributed by atoms with E-state index in [1.54, 1.807) is 24.3 Å². The van der Waals surface area contributed by atoms with E-state index in [0.29, 0.717) is 34.1 Å². The van der Waals surface area contributed by atoms with Gasteiger partial charge in [0.15, 0.2) is 0 Å². The summed E-state index contributed by atoms with van der Waals surface area (Å²) in [6.07, 6.45) is 1.18. The van der Waals surface area contributed by atoms with Gasteiger partial charge in [-0.15, -0.1) is 0 Å². The third kappa shape index (κ3) is 4.43. The number of anilines is 2. The molecule has 0 unspecified atom stereocenters. The predicted molar refractivity (Wildman–Crippen MR) is 113 cm³/mol. The van der Waals surface area contributed by atoms with E-state index in [-0.39, 0.29) is 11.8 Å². The summed E-state index contributed by atoms with van der Waals surface area (Å²) in [5.74, 6) is 0.0413. The second-order valence-electron chi connectivity index (χ2n) is 6.35. The molecule has 0 fully saturated rings. The maximum absolute atomic E-state index is 12.9. The summed E-state index contributed by atoms with van der Waals surface area (Å²) in [7, 11) is 1.53. The summed E-state index contributed by atoms with van der Waals surface area (Å²) in [6, 6.07) is 16.3. The van der Waals surface area contributed by atoms with Crippen LogP contribution in [-0.2, 0) is 4.79 Å². The molecule has 0 saturated carbocycles.